The fourth-order valence-electron chi connectivity index (χ4n) is 14.7. The van der Waals surface area contributed by atoms with Crippen molar-refractivity contribution in [3.05, 3.63) is 175 Å². The lowest BCUT2D eigenvalue weighted by molar-refractivity contribution is -0.187. The second-order valence-corrected chi connectivity index (χ2v) is 35.3. The Morgan fingerprint density at radius 3 is 0.776 bits per heavy atom. The first-order chi connectivity index (χ1) is 50.1. The summed E-state index contributed by atoms with van der Waals surface area (Å²) in [5.74, 6) is 7.79. The molecular weight excluding hydrogens is 1350 g/mol. The molecule has 107 heavy (non-hydrogen) atoms. The van der Waals surface area contributed by atoms with Gasteiger partial charge in [0, 0.05) is 24.7 Å². The van der Waals surface area contributed by atoms with Crippen LogP contribution in [-0.4, -0.2) is 57.1 Å². The third-order valence-corrected chi connectivity index (χ3v) is 21.9. The first-order valence-corrected chi connectivity index (χ1v) is 41.6. The maximum atomic E-state index is 12.6. The van der Waals surface area contributed by atoms with Crippen molar-refractivity contribution in [3.63, 3.8) is 0 Å². The third-order valence-electron chi connectivity index (χ3n) is 21.9. The van der Waals surface area contributed by atoms with Crippen molar-refractivity contribution >= 4 is 0 Å². The highest BCUT2D eigenvalue weighted by Crippen LogP contribution is 2.60. The number of hydrogen-bond acceptors (Lipinski definition) is 5. The van der Waals surface area contributed by atoms with Crippen LogP contribution in [0.3, 0.4) is 0 Å². The van der Waals surface area contributed by atoms with Crippen LogP contribution in [0.15, 0.2) is 84.9 Å². The van der Waals surface area contributed by atoms with Crippen molar-refractivity contribution in [1.29, 1.82) is 0 Å². The normalized spacial score (nSPS) is 28.9. The molecule has 5 aromatic rings. The average Bonchev–Trinajstić information content (AvgIpc) is 1.10. The number of hydrogen-bond donors (Lipinski definition) is 0. The zero-order valence-corrected chi connectivity index (χ0v) is 72.4. The van der Waals surface area contributed by atoms with Crippen LogP contribution in [0.25, 0.3) is 0 Å². The van der Waals surface area contributed by atoms with E-state index >= 15 is 0 Å². The van der Waals surface area contributed by atoms with Gasteiger partial charge in [-0.3, -0.25) is 0 Å². The van der Waals surface area contributed by atoms with Crippen LogP contribution in [0.5, 0.6) is 0 Å². The van der Waals surface area contributed by atoms with Gasteiger partial charge in [0.15, 0.2) is 17.9 Å². The van der Waals surface area contributed by atoms with E-state index in [0.717, 1.165) is 102 Å². The summed E-state index contributed by atoms with van der Waals surface area (Å²) in [6.45, 7) is 57.2. The second kappa shape index (κ2) is 52.7. The molecular formula is C96H154F6O5. The summed E-state index contributed by atoms with van der Waals surface area (Å²) in [7, 11) is 0. The molecule has 8 unspecified atom stereocenters. The molecule has 5 aliphatic carbocycles. The van der Waals surface area contributed by atoms with Gasteiger partial charge in [0.05, 0.1) is 37.6 Å². The lowest BCUT2D eigenvalue weighted by atomic mass is 9.49. The van der Waals surface area contributed by atoms with E-state index in [4.69, 9.17) is 23.7 Å². The van der Waals surface area contributed by atoms with Gasteiger partial charge in [-0.05, 0) is 315 Å². The summed E-state index contributed by atoms with van der Waals surface area (Å²) in [6, 6.07) is 24.7. The van der Waals surface area contributed by atoms with E-state index in [1.54, 1.807) is 45.0 Å². The lowest BCUT2D eigenvalue weighted by Gasteiger charge is -2.56. The molecule has 5 saturated carbocycles. The molecule has 4 heterocycles. The molecule has 0 aromatic heterocycles. The van der Waals surface area contributed by atoms with Crippen molar-refractivity contribution < 1.29 is 50.0 Å². The van der Waals surface area contributed by atoms with Gasteiger partial charge in [0.2, 0.25) is 0 Å². The molecule has 14 rings (SSSR count). The zero-order chi connectivity index (χ0) is 80.7. The van der Waals surface area contributed by atoms with Crippen LogP contribution in [0.2, 0.25) is 0 Å². The Balaban J connectivity index is 0.000000394. The number of ether oxygens (including phenoxy) is 5. The zero-order valence-electron chi connectivity index (χ0n) is 72.4. The summed E-state index contributed by atoms with van der Waals surface area (Å²) in [5, 5.41) is 0. The Morgan fingerprint density at radius 1 is 0.262 bits per heavy atom. The molecule has 610 valence electrons. The van der Waals surface area contributed by atoms with Crippen LogP contribution in [0.1, 0.15) is 288 Å². The monoisotopic (exact) mass is 1500 g/mol. The number of rotatable bonds is 0. The molecule has 9 fully saturated rings. The molecule has 0 amide bonds. The van der Waals surface area contributed by atoms with E-state index in [1.807, 2.05) is 32.9 Å². The molecule has 4 saturated heterocycles. The van der Waals surface area contributed by atoms with Gasteiger partial charge < -0.3 is 23.7 Å². The first-order valence-electron chi connectivity index (χ1n) is 41.6. The maximum absolute atomic E-state index is 12.6. The van der Waals surface area contributed by atoms with Gasteiger partial charge in [-0.15, -0.1) is 0 Å². The topological polar surface area (TPSA) is 46.2 Å². The van der Waals surface area contributed by atoms with Gasteiger partial charge >= 0.3 is 0 Å². The molecule has 5 nitrogen and oxygen atoms in total. The summed E-state index contributed by atoms with van der Waals surface area (Å²) >= 11 is 0. The predicted octanol–water partition coefficient (Wildman–Crippen LogP) is 28.7. The second-order valence-electron chi connectivity index (χ2n) is 35.3. The SMILES string of the molecule is CC1CC(C)C1.CC1CC2(C1)CC(C)C2.CC1CCC(C)C1.CC1CCC(C)CC1.CC1CCC(C)O1.CC1CCC(C)OC1.CC1CCC(C)OC1.CC1COC(C)OC1.Cc1cc(F)c(C)c(F)c1.Cc1ccc(C)c(F)c1.Cc1ccc(C)c(F)c1.Cc1ccc(C)c(F)c1F.Cc1ccc(C)cc1. The summed E-state index contributed by atoms with van der Waals surface area (Å²) in [6.07, 6.45) is 29.2. The lowest BCUT2D eigenvalue weighted by Crippen LogP contribution is -2.45. The van der Waals surface area contributed by atoms with Crippen molar-refractivity contribution in [2.24, 2.45) is 70.5 Å². The minimum atomic E-state index is -0.736. The highest BCUT2D eigenvalue weighted by Gasteiger charge is 2.49. The minimum absolute atomic E-state index is 0.0196. The number of aryl methyl sites for hydroxylation is 9. The van der Waals surface area contributed by atoms with Crippen molar-refractivity contribution in [1.82, 2.24) is 0 Å². The highest BCUT2D eigenvalue weighted by molar-refractivity contribution is 5.26. The Labute approximate surface area is 651 Å². The Morgan fingerprint density at radius 2 is 0.542 bits per heavy atom. The van der Waals surface area contributed by atoms with Gasteiger partial charge in [-0.2, -0.15) is 0 Å². The predicted molar refractivity (Wildman–Crippen MR) is 442 cm³/mol. The maximum Gasteiger partial charge on any atom is 0.161 e. The Kier molecular flexibility index (Phi) is 48.5. The summed E-state index contributed by atoms with van der Waals surface area (Å²) in [4.78, 5) is 0. The van der Waals surface area contributed by atoms with Crippen LogP contribution in [0.4, 0.5) is 26.3 Å². The van der Waals surface area contributed by atoms with Gasteiger partial charge in [0.25, 0.3) is 0 Å². The Hall–Kier alpha value is -4.52. The smallest absolute Gasteiger partial charge is 0.161 e. The van der Waals surface area contributed by atoms with E-state index in [2.05, 4.69) is 142 Å². The standard InChI is InChI=1S/C9H16.2C8H8F2.2C8H9F.C8H16.C8H10.2C7H14O.C7H14.C6H12O2.C6H12O.C6H12/c1-7-3-9(4-7)5-8(2)6-9;1-5-3-7(9)6(2)8(10)4-5;1-5-3-4-6(2)8(10)7(5)9;2*1-6-3-4-7(2)8(9)5-6;2*1-7-3-5-8(2)6-4-7;2*1-6-3-4-7(2)8-5-6;1-6-3-4-7(2)5-6;1-5-3-7-6(2)8-4-5;1-5-3-4-6(2)7-5;1-5-3-6(2)4-5/h7-8H,3-6H2,1-2H3;2*3-4H,1-2H3;2*3-5H,1-2H3;7-8H,3-6H2,1-2H3;3-6H,1-2H3;2*6-7H,3-5H2,1-2H3;6-7H,3-5H2,1-2H3;5-6H,3-4H2,1-2H3;5-6H,3-4H2,1-2H3;5-6H,3-4H2,1-2H3. The molecule has 0 N–H and O–H groups in total. The first kappa shape index (κ1) is 98.6. The minimum Gasteiger partial charge on any atom is -0.378 e. The number of halogens is 6. The van der Waals surface area contributed by atoms with E-state index < -0.39 is 23.3 Å². The van der Waals surface area contributed by atoms with Crippen molar-refractivity contribution in [2.45, 2.75) is 333 Å². The Bertz CT molecular complexity index is 2820. The molecule has 8 atom stereocenters. The van der Waals surface area contributed by atoms with Gasteiger partial charge in [-0.1, -0.05) is 186 Å². The molecule has 4 aliphatic heterocycles. The van der Waals surface area contributed by atoms with Gasteiger partial charge in [0.1, 0.15) is 23.3 Å². The largest absolute Gasteiger partial charge is 0.378 e. The van der Waals surface area contributed by atoms with Gasteiger partial charge in [-0.25, -0.2) is 26.3 Å². The summed E-state index contributed by atoms with van der Waals surface area (Å²) < 4.78 is 102. The van der Waals surface area contributed by atoms with Crippen LogP contribution >= 0.6 is 0 Å². The molecule has 0 bridgehead atoms. The fourth-order valence-corrected chi connectivity index (χ4v) is 14.7. The van der Waals surface area contributed by atoms with Crippen LogP contribution in [0, 0.1) is 175 Å². The highest BCUT2D eigenvalue weighted by atomic mass is 19.2. The molecule has 11 heteroatoms. The quantitative estimate of drug-likeness (QED) is 0.145. The molecule has 0 radical (unpaired) electrons. The fraction of sp³-hybridized carbons (Fsp3) is 0.688. The number of benzene rings is 5. The van der Waals surface area contributed by atoms with Crippen LogP contribution in [-0.2, 0) is 23.7 Å². The van der Waals surface area contributed by atoms with Crippen LogP contribution < -0.4 is 0 Å². The van der Waals surface area contributed by atoms with E-state index in [9.17, 15) is 26.3 Å². The van der Waals surface area contributed by atoms with E-state index in [0.29, 0.717) is 58.2 Å². The molecule has 5 aromatic carbocycles. The molecule has 9 aliphatic rings. The van der Waals surface area contributed by atoms with E-state index in [1.165, 1.54) is 178 Å². The summed E-state index contributed by atoms with van der Waals surface area (Å²) in [5.41, 5.74) is 8.31. The molecule has 1 spiro atoms. The van der Waals surface area contributed by atoms with E-state index in [-0.39, 0.29) is 23.5 Å². The van der Waals surface area contributed by atoms with Crippen molar-refractivity contribution in [2.75, 3.05) is 26.4 Å². The third kappa shape index (κ3) is 44.4. The average molecular weight is 1500 g/mol. The van der Waals surface area contributed by atoms with Crippen molar-refractivity contribution in [3.8, 4) is 0 Å².